The molecule has 1 N–H and O–H groups in total. The van der Waals surface area contributed by atoms with Crippen molar-refractivity contribution in [3.63, 3.8) is 0 Å². The first-order chi connectivity index (χ1) is 18.6. The Bertz CT molecular complexity index is 1330. The van der Waals surface area contributed by atoms with E-state index in [9.17, 15) is 9.90 Å². The highest BCUT2D eigenvalue weighted by molar-refractivity contribution is 6.26. The van der Waals surface area contributed by atoms with Crippen molar-refractivity contribution in [3.05, 3.63) is 71.2 Å². The van der Waals surface area contributed by atoms with Crippen molar-refractivity contribution in [1.82, 2.24) is 9.80 Å². The van der Waals surface area contributed by atoms with Gasteiger partial charge in [0, 0.05) is 30.9 Å². The molecule has 1 aromatic carbocycles. The molecule has 1 amide bonds. The fourth-order valence-corrected chi connectivity index (χ4v) is 4.98. The molecule has 0 aliphatic carbocycles. The molecule has 3 rings (SSSR count). The van der Waals surface area contributed by atoms with Crippen molar-refractivity contribution in [1.29, 1.82) is 0 Å². The number of carbonyl (C=O) groups is 1. The molecule has 210 valence electrons. The van der Waals surface area contributed by atoms with Crippen LogP contribution in [0, 0.1) is 5.82 Å². The van der Waals surface area contributed by atoms with Crippen LogP contribution in [0.4, 0.5) is 4.39 Å². The number of halogens is 1. The summed E-state index contributed by atoms with van der Waals surface area (Å²) in [7, 11) is 1.91. The minimum atomic E-state index is -0.454. The number of hydrogen-bond donors (Lipinski definition) is 1. The summed E-state index contributed by atoms with van der Waals surface area (Å²) < 4.78 is 21.5. The molecule has 39 heavy (non-hydrogen) atoms. The van der Waals surface area contributed by atoms with Gasteiger partial charge in [0.1, 0.15) is 17.2 Å². The molecule has 1 unspecified atom stereocenters. The number of aliphatic hydroxyl groups is 1. The molecule has 6 nitrogen and oxygen atoms in total. The molecule has 0 saturated carbocycles. The number of hydrogen-bond acceptors (Lipinski definition) is 5. The zero-order valence-corrected chi connectivity index (χ0v) is 24.2. The lowest BCUT2D eigenvalue weighted by Gasteiger charge is -2.26. The van der Waals surface area contributed by atoms with Crippen molar-refractivity contribution < 1.29 is 18.7 Å². The molecule has 0 bridgehead atoms. The highest BCUT2D eigenvalue weighted by atomic mass is 19.1. The van der Waals surface area contributed by atoms with Crippen LogP contribution in [0.1, 0.15) is 84.5 Å². The van der Waals surface area contributed by atoms with Gasteiger partial charge in [0.15, 0.2) is 11.5 Å². The second-order valence-corrected chi connectivity index (χ2v) is 10.1. The van der Waals surface area contributed by atoms with Crippen LogP contribution >= 0.6 is 0 Å². The Morgan fingerprint density at radius 3 is 2.67 bits per heavy atom. The van der Waals surface area contributed by atoms with Gasteiger partial charge in [-0.1, -0.05) is 44.9 Å². The SMILES string of the molecule is C=C(O)c1cc2c(F)c(C(/C=C(/N=CC(=O)N3CCCCCC3C)N(C)/C(=C\C)CC)=C(\C)CC)ccc2o1. The highest BCUT2D eigenvalue weighted by Gasteiger charge is 2.22. The van der Waals surface area contributed by atoms with Gasteiger partial charge in [-0.15, -0.1) is 0 Å². The number of fused-ring (bicyclic) bond motifs is 1. The van der Waals surface area contributed by atoms with E-state index in [2.05, 4.69) is 20.4 Å². The topological polar surface area (TPSA) is 69.3 Å². The molecule has 1 aliphatic heterocycles. The van der Waals surface area contributed by atoms with Crippen molar-refractivity contribution >= 4 is 34.4 Å². The summed E-state index contributed by atoms with van der Waals surface area (Å²) in [5.41, 5.74) is 3.40. The number of aliphatic imine (C=N–C) groups is 1. The van der Waals surface area contributed by atoms with Gasteiger partial charge in [-0.05, 0) is 76.3 Å². The lowest BCUT2D eigenvalue weighted by molar-refractivity contribution is -0.125. The van der Waals surface area contributed by atoms with E-state index in [1.165, 1.54) is 12.3 Å². The summed E-state index contributed by atoms with van der Waals surface area (Å²) in [6, 6.07) is 5.00. The molecule has 2 heterocycles. The molecular weight excluding hydrogens is 493 g/mol. The van der Waals surface area contributed by atoms with Crippen LogP contribution in [0.2, 0.25) is 0 Å². The number of likely N-dealkylation sites (tertiary alicyclic amines) is 1. The van der Waals surface area contributed by atoms with Gasteiger partial charge >= 0.3 is 0 Å². The molecule has 1 aromatic heterocycles. The van der Waals surface area contributed by atoms with Crippen LogP contribution in [0.5, 0.6) is 0 Å². The molecule has 1 atom stereocenters. The first kappa shape index (κ1) is 29.9. The van der Waals surface area contributed by atoms with Gasteiger partial charge in [-0.25, -0.2) is 9.38 Å². The smallest absolute Gasteiger partial charge is 0.265 e. The Morgan fingerprint density at radius 2 is 2.03 bits per heavy atom. The van der Waals surface area contributed by atoms with Crippen molar-refractivity contribution in [2.24, 2.45) is 4.99 Å². The van der Waals surface area contributed by atoms with Gasteiger partial charge in [-0.3, -0.25) is 4.79 Å². The first-order valence-electron chi connectivity index (χ1n) is 13.9. The number of aliphatic hydroxyl groups excluding tert-OH is 1. The monoisotopic (exact) mass is 535 g/mol. The summed E-state index contributed by atoms with van der Waals surface area (Å²) in [6.45, 7) is 14.3. The number of benzene rings is 1. The molecule has 0 spiro atoms. The lowest BCUT2D eigenvalue weighted by atomic mass is 9.96. The number of rotatable bonds is 9. The summed E-state index contributed by atoms with van der Waals surface area (Å²) in [5, 5.41) is 10.0. The van der Waals surface area contributed by atoms with Crippen molar-refractivity contribution in [2.75, 3.05) is 13.6 Å². The Kier molecular flexibility index (Phi) is 10.3. The third kappa shape index (κ3) is 6.88. The number of allylic oxidation sites excluding steroid dienone is 5. The van der Waals surface area contributed by atoms with E-state index in [1.54, 1.807) is 12.1 Å². The quantitative estimate of drug-likeness (QED) is 0.199. The van der Waals surface area contributed by atoms with E-state index in [1.807, 2.05) is 49.8 Å². The average molecular weight is 536 g/mol. The fraction of sp³-hybridized carbons (Fsp3) is 0.438. The van der Waals surface area contributed by atoms with E-state index in [0.717, 1.165) is 49.9 Å². The maximum Gasteiger partial charge on any atom is 0.265 e. The van der Waals surface area contributed by atoms with Crippen molar-refractivity contribution in [2.45, 2.75) is 79.2 Å². The van der Waals surface area contributed by atoms with Crippen molar-refractivity contribution in [3.8, 4) is 0 Å². The zero-order valence-electron chi connectivity index (χ0n) is 24.2. The molecule has 1 aliphatic rings. The maximum absolute atomic E-state index is 15.9. The molecule has 2 aromatic rings. The van der Waals surface area contributed by atoms with Crippen LogP contribution in [0.25, 0.3) is 22.3 Å². The van der Waals surface area contributed by atoms with E-state index >= 15 is 4.39 Å². The van der Waals surface area contributed by atoms with Crippen LogP contribution in [0.3, 0.4) is 0 Å². The predicted octanol–water partition coefficient (Wildman–Crippen LogP) is 8.23. The molecule has 0 radical (unpaired) electrons. The Hall–Kier alpha value is -3.61. The normalized spacial score (nSPS) is 17.9. The van der Waals surface area contributed by atoms with Gasteiger partial charge < -0.3 is 19.3 Å². The first-order valence-corrected chi connectivity index (χ1v) is 13.9. The Balaban J connectivity index is 2.13. The van der Waals surface area contributed by atoms with Gasteiger partial charge in [0.25, 0.3) is 5.91 Å². The van der Waals surface area contributed by atoms with Gasteiger partial charge in [-0.2, -0.15) is 0 Å². The summed E-state index contributed by atoms with van der Waals surface area (Å²) >= 11 is 0. The molecule has 1 fully saturated rings. The molecule has 7 heteroatoms. The third-order valence-corrected chi connectivity index (χ3v) is 7.59. The highest BCUT2D eigenvalue weighted by Crippen LogP contribution is 2.33. The van der Waals surface area contributed by atoms with E-state index < -0.39 is 5.82 Å². The van der Waals surface area contributed by atoms with E-state index in [0.29, 0.717) is 29.0 Å². The van der Waals surface area contributed by atoms with E-state index in [4.69, 9.17) is 9.41 Å². The zero-order chi connectivity index (χ0) is 28.7. The van der Waals surface area contributed by atoms with E-state index in [-0.39, 0.29) is 28.9 Å². The standard InChI is InChI=1S/C32H42FN3O3/c1-8-21(4)26(25-15-16-28-27(32(25)33)18-29(39-28)23(6)37)19-30(35(7)24(9-2)10-3)34-20-31(38)36-17-13-11-12-14-22(36)5/h9,15-16,18-20,22,37H,6,8,10-14,17H2,1-5,7H3/b24-9-,26-21+,30-19-,34-20?. The van der Waals surface area contributed by atoms with Crippen LogP contribution < -0.4 is 0 Å². The third-order valence-electron chi connectivity index (χ3n) is 7.59. The Labute approximate surface area is 231 Å². The summed E-state index contributed by atoms with van der Waals surface area (Å²) in [4.78, 5) is 21.7. The van der Waals surface area contributed by atoms with Crippen LogP contribution in [-0.2, 0) is 4.79 Å². The van der Waals surface area contributed by atoms with Gasteiger partial charge in [0.05, 0.1) is 11.6 Å². The lowest BCUT2D eigenvalue weighted by Crippen LogP contribution is -2.39. The minimum absolute atomic E-state index is 0.109. The predicted molar refractivity (Wildman–Crippen MR) is 159 cm³/mol. The molecular formula is C32H42FN3O3. The molecule has 1 saturated heterocycles. The number of furan rings is 1. The van der Waals surface area contributed by atoms with Gasteiger partial charge in [0.2, 0.25) is 0 Å². The second kappa shape index (κ2) is 13.5. The second-order valence-electron chi connectivity index (χ2n) is 10.1. The maximum atomic E-state index is 15.9. The minimum Gasteiger partial charge on any atom is -0.505 e. The summed E-state index contributed by atoms with van der Waals surface area (Å²) in [6.07, 6.45) is 11.0. The number of nitrogens with zero attached hydrogens (tertiary/aromatic N) is 3. The number of carbonyl (C=O) groups excluding carboxylic acids is 1. The summed E-state index contributed by atoms with van der Waals surface area (Å²) in [5.74, 6) is -0.152. The fourth-order valence-electron chi connectivity index (χ4n) is 4.98. The Morgan fingerprint density at radius 1 is 1.28 bits per heavy atom. The number of amides is 1. The average Bonchev–Trinajstić information content (AvgIpc) is 3.26. The van der Waals surface area contributed by atoms with Crippen LogP contribution in [0.15, 0.2) is 63.4 Å². The largest absolute Gasteiger partial charge is 0.505 e. The van der Waals surface area contributed by atoms with Crippen LogP contribution in [-0.4, -0.2) is 46.7 Å².